The molecule has 0 radical (unpaired) electrons. The molecule has 1 saturated heterocycles. The van der Waals surface area contributed by atoms with Crippen molar-refractivity contribution < 1.29 is 0 Å². The van der Waals surface area contributed by atoms with E-state index in [9.17, 15) is 0 Å². The summed E-state index contributed by atoms with van der Waals surface area (Å²) in [6, 6.07) is 1.10. The predicted octanol–water partition coefficient (Wildman–Crippen LogP) is 1.84. The lowest BCUT2D eigenvalue weighted by Gasteiger charge is -2.35. The molecule has 0 aromatic heterocycles. The third-order valence-corrected chi connectivity index (χ3v) is 3.24. The van der Waals surface area contributed by atoms with Crippen LogP contribution in [0.3, 0.4) is 0 Å². The molecule has 1 aliphatic rings. The predicted molar refractivity (Wildman–Crippen MR) is 57.7 cm³/mol. The Hall–Kier alpha value is -0.0800. The number of nitrogens with two attached hydrogens (primary N) is 1. The standard InChI is InChI=1S/C11H24N2/c1-9(2)11(12)8-13-7-5-4-6-10(13)3/h9-11H,4-8,12H2,1-3H3/t10?,11-/m1/s1. The van der Waals surface area contributed by atoms with Crippen LogP contribution in [-0.2, 0) is 0 Å². The fourth-order valence-corrected chi connectivity index (χ4v) is 1.91. The van der Waals surface area contributed by atoms with E-state index in [-0.39, 0.29) is 0 Å². The maximum absolute atomic E-state index is 6.07. The molecule has 1 fully saturated rings. The van der Waals surface area contributed by atoms with Gasteiger partial charge < -0.3 is 5.73 Å². The first-order valence-electron chi connectivity index (χ1n) is 5.61. The normalized spacial score (nSPS) is 27.9. The summed E-state index contributed by atoms with van der Waals surface area (Å²) in [5.41, 5.74) is 6.07. The molecule has 0 spiro atoms. The second kappa shape index (κ2) is 4.97. The van der Waals surface area contributed by atoms with Gasteiger partial charge in [0.1, 0.15) is 0 Å². The van der Waals surface area contributed by atoms with Crippen LogP contribution in [0.2, 0.25) is 0 Å². The molecule has 2 atom stereocenters. The lowest BCUT2D eigenvalue weighted by atomic mass is 10.00. The quantitative estimate of drug-likeness (QED) is 0.725. The molecule has 0 bridgehead atoms. The largest absolute Gasteiger partial charge is 0.326 e. The summed E-state index contributed by atoms with van der Waals surface area (Å²) in [7, 11) is 0. The van der Waals surface area contributed by atoms with E-state index in [1.165, 1.54) is 25.8 Å². The lowest BCUT2D eigenvalue weighted by Crippen LogP contribution is -2.46. The Labute approximate surface area is 82.5 Å². The Morgan fingerprint density at radius 1 is 1.38 bits per heavy atom. The van der Waals surface area contributed by atoms with E-state index in [4.69, 9.17) is 5.73 Å². The van der Waals surface area contributed by atoms with Crippen molar-refractivity contribution in [2.45, 2.75) is 52.1 Å². The Morgan fingerprint density at radius 2 is 2.08 bits per heavy atom. The molecule has 0 saturated carbocycles. The SMILES string of the molecule is CC(C)[C@H](N)CN1CCCCC1C. The molecule has 0 aliphatic carbocycles. The van der Waals surface area contributed by atoms with Crippen molar-refractivity contribution in [1.82, 2.24) is 4.90 Å². The summed E-state index contributed by atoms with van der Waals surface area (Å²) < 4.78 is 0. The van der Waals surface area contributed by atoms with Gasteiger partial charge in [0, 0.05) is 18.6 Å². The summed E-state index contributed by atoms with van der Waals surface area (Å²) in [5.74, 6) is 0.606. The average Bonchev–Trinajstić information content (AvgIpc) is 2.08. The first kappa shape index (κ1) is 11.0. The van der Waals surface area contributed by atoms with Crippen molar-refractivity contribution in [2.24, 2.45) is 11.7 Å². The highest BCUT2D eigenvalue weighted by molar-refractivity contribution is 4.78. The zero-order valence-electron chi connectivity index (χ0n) is 9.29. The van der Waals surface area contributed by atoms with Crippen molar-refractivity contribution in [3.8, 4) is 0 Å². The van der Waals surface area contributed by atoms with Crippen molar-refractivity contribution in [2.75, 3.05) is 13.1 Å². The van der Waals surface area contributed by atoms with Gasteiger partial charge in [-0.05, 0) is 32.2 Å². The number of likely N-dealkylation sites (tertiary alicyclic amines) is 1. The highest BCUT2D eigenvalue weighted by atomic mass is 15.2. The van der Waals surface area contributed by atoms with Gasteiger partial charge >= 0.3 is 0 Å². The topological polar surface area (TPSA) is 29.3 Å². The number of hydrogen-bond acceptors (Lipinski definition) is 2. The minimum atomic E-state index is 0.348. The molecular formula is C11H24N2. The monoisotopic (exact) mass is 184 g/mol. The van der Waals surface area contributed by atoms with Crippen LogP contribution in [0.5, 0.6) is 0 Å². The molecule has 1 aliphatic heterocycles. The number of rotatable bonds is 3. The van der Waals surface area contributed by atoms with E-state index in [0.717, 1.165) is 12.6 Å². The summed E-state index contributed by atoms with van der Waals surface area (Å²) in [6.07, 6.45) is 4.11. The fourth-order valence-electron chi connectivity index (χ4n) is 1.91. The fraction of sp³-hybridized carbons (Fsp3) is 1.00. The summed E-state index contributed by atoms with van der Waals surface area (Å²) in [6.45, 7) is 9.07. The minimum absolute atomic E-state index is 0.348. The molecule has 1 heterocycles. The van der Waals surface area contributed by atoms with Gasteiger partial charge in [0.2, 0.25) is 0 Å². The van der Waals surface area contributed by atoms with Crippen molar-refractivity contribution in [3.05, 3.63) is 0 Å². The molecule has 2 nitrogen and oxygen atoms in total. The van der Waals surface area contributed by atoms with Crippen LogP contribution in [0.4, 0.5) is 0 Å². The first-order valence-corrected chi connectivity index (χ1v) is 5.61. The van der Waals surface area contributed by atoms with E-state index in [1.54, 1.807) is 0 Å². The zero-order chi connectivity index (χ0) is 9.84. The van der Waals surface area contributed by atoms with Gasteiger partial charge in [-0.2, -0.15) is 0 Å². The highest BCUT2D eigenvalue weighted by Crippen LogP contribution is 2.17. The summed E-state index contributed by atoms with van der Waals surface area (Å²) in [5, 5.41) is 0. The van der Waals surface area contributed by atoms with Gasteiger partial charge in [-0.25, -0.2) is 0 Å². The van der Waals surface area contributed by atoms with Crippen LogP contribution in [0.1, 0.15) is 40.0 Å². The van der Waals surface area contributed by atoms with Crippen LogP contribution in [0, 0.1) is 5.92 Å². The molecule has 2 N–H and O–H groups in total. The van der Waals surface area contributed by atoms with Crippen molar-refractivity contribution in [3.63, 3.8) is 0 Å². The maximum Gasteiger partial charge on any atom is 0.0191 e. The van der Waals surface area contributed by atoms with Gasteiger partial charge in [-0.15, -0.1) is 0 Å². The van der Waals surface area contributed by atoms with Crippen LogP contribution < -0.4 is 5.73 Å². The molecule has 13 heavy (non-hydrogen) atoms. The second-order valence-electron chi connectivity index (χ2n) is 4.75. The van der Waals surface area contributed by atoms with E-state index in [0.29, 0.717) is 12.0 Å². The van der Waals surface area contributed by atoms with Crippen molar-refractivity contribution >= 4 is 0 Å². The van der Waals surface area contributed by atoms with Gasteiger partial charge in [0.25, 0.3) is 0 Å². The van der Waals surface area contributed by atoms with Gasteiger partial charge in [-0.1, -0.05) is 20.3 Å². The second-order valence-corrected chi connectivity index (χ2v) is 4.75. The Kier molecular flexibility index (Phi) is 4.20. The molecular weight excluding hydrogens is 160 g/mol. The van der Waals surface area contributed by atoms with Crippen molar-refractivity contribution in [1.29, 1.82) is 0 Å². The van der Waals surface area contributed by atoms with E-state index in [2.05, 4.69) is 25.7 Å². The minimum Gasteiger partial charge on any atom is -0.326 e. The van der Waals surface area contributed by atoms with E-state index in [1.807, 2.05) is 0 Å². The average molecular weight is 184 g/mol. The van der Waals surface area contributed by atoms with E-state index < -0.39 is 0 Å². The van der Waals surface area contributed by atoms with Gasteiger partial charge in [0.15, 0.2) is 0 Å². The van der Waals surface area contributed by atoms with E-state index >= 15 is 0 Å². The molecule has 1 unspecified atom stereocenters. The number of piperidine rings is 1. The Morgan fingerprint density at radius 3 is 2.62 bits per heavy atom. The molecule has 2 heteroatoms. The number of nitrogens with zero attached hydrogens (tertiary/aromatic N) is 1. The smallest absolute Gasteiger partial charge is 0.0191 e. The summed E-state index contributed by atoms with van der Waals surface area (Å²) >= 11 is 0. The molecule has 0 amide bonds. The first-order chi connectivity index (χ1) is 6.11. The lowest BCUT2D eigenvalue weighted by molar-refractivity contribution is 0.143. The summed E-state index contributed by atoms with van der Waals surface area (Å²) in [4.78, 5) is 2.55. The van der Waals surface area contributed by atoms with Gasteiger partial charge in [0.05, 0.1) is 0 Å². The van der Waals surface area contributed by atoms with Gasteiger partial charge in [-0.3, -0.25) is 4.90 Å². The Balaban J connectivity index is 2.33. The van der Waals surface area contributed by atoms with Crippen LogP contribution in [-0.4, -0.2) is 30.1 Å². The van der Waals surface area contributed by atoms with Crippen LogP contribution >= 0.6 is 0 Å². The molecule has 0 aromatic rings. The molecule has 0 aromatic carbocycles. The zero-order valence-corrected chi connectivity index (χ0v) is 9.29. The third kappa shape index (κ3) is 3.28. The highest BCUT2D eigenvalue weighted by Gasteiger charge is 2.20. The van der Waals surface area contributed by atoms with Crippen LogP contribution in [0.15, 0.2) is 0 Å². The number of hydrogen-bond donors (Lipinski definition) is 1. The Bertz CT molecular complexity index is 145. The third-order valence-electron chi connectivity index (χ3n) is 3.24. The molecule has 1 rings (SSSR count). The van der Waals surface area contributed by atoms with Crippen LogP contribution in [0.25, 0.3) is 0 Å². The maximum atomic E-state index is 6.07. The molecule has 78 valence electrons.